The van der Waals surface area contributed by atoms with Crippen LogP contribution in [-0.2, 0) is 0 Å². The maximum absolute atomic E-state index is 4.70. The third kappa shape index (κ3) is 3.82. The Labute approximate surface area is 114 Å². The van der Waals surface area contributed by atoms with Crippen LogP contribution in [0.5, 0.6) is 0 Å². The Morgan fingerprint density at radius 2 is 2.29 bits per heavy atom. The molecule has 0 aromatic carbocycles. The van der Waals surface area contributed by atoms with Gasteiger partial charge in [-0.3, -0.25) is 4.99 Å². The van der Waals surface area contributed by atoms with Crippen molar-refractivity contribution < 1.29 is 0 Å². The highest BCUT2D eigenvalue weighted by Crippen LogP contribution is 2.32. The van der Waals surface area contributed by atoms with Gasteiger partial charge < -0.3 is 5.32 Å². The van der Waals surface area contributed by atoms with E-state index >= 15 is 0 Å². The summed E-state index contributed by atoms with van der Waals surface area (Å²) in [6, 6.07) is 0.660. The van der Waals surface area contributed by atoms with Crippen molar-refractivity contribution in [1.29, 1.82) is 0 Å². The maximum atomic E-state index is 4.70. The van der Waals surface area contributed by atoms with Gasteiger partial charge in [-0.2, -0.15) is 11.8 Å². The third-order valence-electron chi connectivity index (χ3n) is 3.39. The molecule has 0 amide bonds. The van der Waals surface area contributed by atoms with Crippen molar-refractivity contribution in [3.05, 3.63) is 0 Å². The van der Waals surface area contributed by atoms with E-state index in [0.29, 0.717) is 11.5 Å². The molecule has 1 saturated carbocycles. The van der Waals surface area contributed by atoms with Crippen LogP contribution in [0.15, 0.2) is 4.99 Å². The van der Waals surface area contributed by atoms with Crippen molar-refractivity contribution in [2.75, 3.05) is 18.1 Å². The van der Waals surface area contributed by atoms with Gasteiger partial charge in [0.05, 0.1) is 0 Å². The molecule has 1 heterocycles. The first-order valence-electron chi connectivity index (χ1n) is 6.66. The minimum absolute atomic E-state index is 0.378. The molecule has 0 saturated heterocycles. The van der Waals surface area contributed by atoms with Crippen molar-refractivity contribution in [2.45, 2.75) is 51.3 Å². The number of rotatable bonds is 3. The molecule has 98 valence electrons. The maximum Gasteiger partial charge on any atom is 0.156 e. The van der Waals surface area contributed by atoms with Crippen molar-refractivity contribution >= 4 is 28.7 Å². The average Bonchev–Trinajstić information content (AvgIpc) is 2.70. The molecule has 0 bridgehead atoms. The van der Waals surface area contributed by atoms with Gasteiger partial charge in [-0.05, 0) is 24.0 Å². The van der Waals surface area contributed by atoms with Crippen LogP contribution in [0, 0.1) is 5.41 Å². The van der Waals surface area contributed by atoms with Gasteiger partial charge in [-0.15, -0.1) is 0 Å². The summed E-state index contributed by atoms with van der Waals surface area (Å²) in [5.74, 6) is 2.42. The Balaban J connectivity index is 1.86. The lowest BCUT2D eigenvalue weighted by molar-refractivity contribution is 0.436. The smallest absolute Gasteiger partial charge is 0.156 e. The van der Waals surface area contributed by atoms with Gasteiger partial charge in [0, 0.05) is 23.6 Å². The van der Waals surface area contributed by atoms with E-state index in [-0.39, 0.29) is 0 Å². The molecular weight excluding hydrogens is 248 g/mol. The third-order valence-corrected chi connectivity index (χ3v) is 6.16. The van der Waals surface area contributed by atoms with E-state index in [2.05, 4.69) is 37.8 Å². The van der Waals surface area contributed by atoms with E-state index in [1.165, 1.54) is 35.9 Å². The zero-order chi connectivity index (χ0) is 12.3. The van der Waals surface area contributed by atoms with Gasteiger partial charge >= 0.3 is 0 Å². The molecule has 2 unspecified atom stereocenters. The molecular formula is C13H24N2S2. The molecule has 2 rings (SSSR count). The number of thioether (sulfide) groups is 2. The second-order valence-electron chi connectivity index (χ2n) is 5.75. The molecule has 0 aromatic rings. The summed E-state index contributed by atoms with van der Waals surface area (Å²) < 4.78 is 0. The molecule has 1 aliphatic heterocycles. The van der Waals surface area contributed by atoms with Crippen molar-refractivity contribution in [3.8, 4) is 0 Å². The van der Waals surface area contributed by atoms with Crippen LogP contribution in [0.25, 0.3) is 0 Å². The normalized spacial score (nSPS) is 32.3. The number of hydrogen-bond acceptors (Lipinski definition) is 4. The van der Waals surface area contributed by atoms with E-state index < -0.39 is 0 Å². The first-order chi connectivity index (χ1) is 8.11. The first-order valence-corrected chi connectivity index (χ1v) is 8.69. The number of nitrogens with one attached hydrogen (secondary N) is 1. The molecule has 0 aromatic heterocycles. The highest BCUT2D eigenvalue weighted by Gasteiger charge is 2.30. The minimum atomic E-state index is 0.378. The van der Waals surface area contributed by atoms with Crippen molar-refractivity contribution in [3.63, 3.8) is 0 Å². The van der Waals surface area contributed by atoms with Gasteiger partial charge in [-0.25, -0.2) is 0 Å². The van der Waals surface area contributed by atoms with E-state index in [1.807, 2.05) is 11.8 Å². The van der Waals surface area contributed by atoms with Crippen molar-refractivity contribution in [2.24, 2.45) is 10.4 Å². The summed E-state index contributed by atoms with van der Waals surface area (Å²) in [7, 11) is 0. The zero-order valence-corrected chi connectivity index (χ0v) is 12.8. The average molecular weight is 272 g/mol. The lowest BCUT2D eigenvalue weighted by Crippen LogP contribution is -2.40. The lowest BCUT2D eigenvalue weighted by atomic mass is 9.97. The fraction of sp³-hybridized carbons (Fsp3) is 0.923. The number of hydrogen-bond donors (Lipinski definition) is 1. The van der Waals surface area contributed by atoms with E-state index in [0.717, 1.165) is 11.8 Å². The Kier molecular flexibility index (Phi) is 4.70. The van der Waals surface area contributed by atoms with Gasteiger partial charge in [0.15, 0.2) is 5.17 Å². The monoisotopic (exact) mass is 272 g/mol. The van der Waals surface area contributed by atoms with E-state index in [4.69, 9.17) is 4.99 Å². The van der Waals surface area contributed by atoms with Gasteiger partial charge in [0.1, 0.15) is 0 Å². The first kappa shape index (κ1) is 13.6. The fourth-order valence-corrected chi connectivity index (χ4v) is 4.60. The van der Waals surface area contributed by atoms with Crippen LogP contribution in [0.2, 0.25) is 0 Å². The summed E-state index contributed by atoms with van der Waals surface area (Å²) >= 11 is 4.02. The number of aliphatic imine (C=N–C) groups is 1. The molecule has 2 atom stereocenters. The predicted octanol–water partition coefficient (Wildman–Crippen LogP) is 3.38. The Bertz CT molecular complexity index is 289. The van der Waals surface area contributed by atoms with Gasteiger partial charge in [-0.1, -0.05) is 39.0 Å². The van der Waals surface area contributed by atoms with Crippen molar-refractivity contribution in [1.82, 2.24) is 5.32 Å². The molecule has 4 heteroatoms. The van der Waals surface area contributed by atoms with E-state index in [9.17, 15) is 0 Å². The fourth-order valence-electron chi connectivity index (χ4n) is 2.39. The summed E-state index contributed by atoms with van der Waals surface area (Å²) in [5.41, 5.74) is 0.378. The summed E-state index contributed by atoms with van der Waals surface area (Å²) in [6.45, 7) is 7.83. The van der Waals surface area contributed by atoms with Crippen LogP contribution < -0.4 is 5.32 Å². The molecule has 0 radical (unpaired) electrons. The van der Waals surface area contributed by atoms with Crippen LogP contribution in [0.1, 0.15) is 40.0 Å². The quantitative estimate of drug-likeness (QED) is 0.852. The number of nitrogens with zero attached hydrogens (tertiary/aromatic N) is 1. The van der Waals surface area contributed by atoms with Crippen LogP contribution in [0.3, 0.4) is 0 Å². The predicted molar refractivity (Wildman–Crippen MR) is 81.2 cm³/mol. The Morgan fingerprint density at radius 3 is 2.94 bits per heavy atom. The Hall–Kier alpha value is 0.170. The molecule has 17 heavy (non-hydrogen) atoms. The zero-order valence-electron chi connectivity index (χ0n) is 11.2. The lowest BCUT2D eigenvalue weighted by Gasteiger charge is -2.29. The van der Waals surface area contributed by atoms with Gasteiger partial charge in [0.25, 0.3) is 0 Å². The molecule has 1 N–H and O–H groups in total. The molecule has 2 aliphatic rings. The van der Waals surface area contributed by atoms with Crippen LogP contribution in [-0.4, -0.2) is 34.5 Å². The van der Waals surface area contributed by atoms with E-state index in [1.54, 1.807) is 0 Å². The second kappa shape index (κ2) is 5.87. The van der Waals surface area contributed by atoms with Gasteiger partial charge in [0.2, 0.25) is 0 Å². The van der Waals surface area contributed by atoms with Crippen LogP contribution >= 0.6 is 23.5 Å². The summed E-state index contributed by atoms with van der Waals surface area (Å²) in [4.78, 5) is 4.70. The highest BCUT2D eigenvalue weighted by atomic mass is 32.2. The second-order valence-corrected chi connectivity index (χ2v) is 8.23. The Morgan fingerprint density at radius 1 is 1.47 bits per heavy atom. The highest BCUT2D eigenvalue weighted by molar-refractivity contribution is 8.13. The summed E-state index contributed by atoms with van der Waals surface area (Å²) in [6.07, 6.45) is 4.07. The summed E-state index contributed by atoms with van der Waals surface area (Å²) in [5, 5.41) is 5.68. The largest absolute Gasteiger partial charge is 0.361 e. The molecule has 1 fully saturated rings. The standard InChI is InChI=1S/C13H24N2S2/c1-4-16-11-7-5-6-10(11)15-12-14-8-13(2,3)9-17-12/h10-11H,4-9H2,1-3H3,(H,14,15). The molecule has 2 nitrogen and oxygen atoms in total. The molecule has 1 aliphatic carbocycles. The van der Waals surface area contributed by atoms with Crippen LogP contribution in [0.4, 0.5) is 0 Å². The number of amidine groups is 1. The topological polar surface area (TPSA) is 24.4 Å². The SMILES string of the molecule is CCSC1CCCC1NC1=NCC(C)(C)CS1. The minimum Gasteiger partial charge on any atom is -0.361 e. The molecule has 0 spiro atoms.